The van der Waals surface area contributed by atoms with E-state index < -0.39 is 5.91 Å². The molecule has 0 spiro atoms. The van der Waals surface area contributed by atoms with Crippen LogP contribution in [0.5, 0.6) is 0 Å². The second-order valence-electron chi connectivity index (χ2n) is 4.49. The third-order valence-electron chi connectivity index (χ3n) is 2.76. The number of hydrogen-bond acceptors (Lipinski definition) is 4. The van der Waals surface area contributed by atoms with E-state index in [1.807, 2.05) is 0 Å². The van der Waals surface area contributed by atoms with Crippen LogP contribution < -0.4 is 10.9 Å². The predicted octanol–water partition coefficient (Wildman–Crippen LogP) is 0.600. The molecule has 1 unspecified atom stereocenters. The van der Waals surface area contributed by atoms with Crippen LogP contribution in [0.2, 0.25) is 0 Å². The Hall–Kier alpha value is -2.34. The first-order valence-electron chi connectivity index (χ1n) is 6.26. The lowest BCUT2D eigenvalue weighted by molar-refractivity contribution is 0.0892. The van der Waals surface area contributed by atoms with E-state index in [-0.39, 0.29) is 30.5 Å². The quantitative estimate of drug-likeness (QED) is 0.837. The number of nitrogens with zero attached hydrogens (tertiary/aromatic N) is 1. The maximum atomic E-state index is 11.8. The number of pyridine rings is 1. The standard InChI is InChI=1S/C14H16N2O4/c1-10(9-17)15-14(19)12-6-5-11(20-12)8-16-7-3-2-4-13(16)18/h2-7,10,17H,8-9H2,1H3,(H,15,19). The highest BCUT2D eigenvalue weighted by Crippen LogP contribution is 2.09. The van der Waals surface area contributed by atoms with Gasteiger partial charge in [0.1, 0.15) is 5.76 Å². The Morgan fingerprint density at radius 3 is 2.90 bits per heavy atom. The van der Waals surface area contributed by atoms with E-state index in [0.29, 0.717) is 5.76 Å². The van der Waals surface area contributed by atoms with Gasteiger partial charge in [0.05, 0.1) is 13.2 Å². The summed E-state index contributed by atoms with van der Waals surface area (Å²) in [6, 6.07) is 7.73. The summed E-state index contributed by atoms with van der Waals surface area (Å²) in [7, 11) is 0. The van der Waals surface area contributed by atoms with Crippen LogP contribution in [-0.4, -0.2) is 28.2 Å². The molecule has 106 valence electrons. The van der Waals surface area contributed by atoms with Crippen molar-refractivity contribution in [3.63, 3.8) is 0 Å². The number of rotatable bonds is 5. The summed E-state index contributed by atoms with van der Waals surface area (Å²) >= 11 is 0. The number of hydrogen-bond donors (Lipinski definition) is 2. The normalized spacial score (nSPS) is 12.1. The van der Waals surface area contributed by atoms with Gasteiger partial charge in [0.2, 0.25) is 0 Å². The van der Waals surface area contributed by atoms with E-state index in [1.54, 1.807) is 37.4 Å². The molecule has 2 aromatic heterocycles. The molecule has 6 nitrogen and oxygen atoms in total. The molecular weight excluding hydrogens is 260 g/mol. The average molecular weight is 276 g/mol. The second-order valence-corrected chi connectivity index (χ2v) is 4.49. The van der Waals surface area contributed by atoms with E-state index in [4.69, 9.17) is 9.52 Å². The summed E-state index contributed by atoms with van der Waals surface area (Å²) < 4.78 is 6.88. The van der Waals surface area contributed by atoms with Gasteiger partial charge in [-0.1, -0.05) is 6.07 Å². The van der Waals surface area contributed by atoms with Crippen molar-refractivity contribution in [1.29, 1.82) is 0 Å². The molecule has 2 rings (SSSR count). The van der Waals surface area contributed by atoms with Crippen LogP contribution in [0, 0.1) is 0 Å². The van der Waals surface area contributed by atoms with E-state index in [0.717, 1.165) is 0 Å². The van der Waals surface area contributed by atoms with Crippen molar-refractivity contribution in [3.8, 4) is 0 Å². The Bertz CT molecular complexity index is 644. The molecule has 0 aliphatic heterocycles. The summed E-state index contributed by atoms with van der Waals surface area (Å²) in [5.74, 6) is 0.280. The van der Waals surface area contributed by atoms with Crippen LogP contribution in [-0.2, 0) is 6.54 Å². The molecule has 1 amide bonds. The Balaban J connectivity index is 2.08. The smallest absolute Gasteiger partial charge is 0.287 e. The molecule has 1 atom stereocenters. The lowest BCUT2D eigenvalue weighted by atomic mass is 10.3. The van der Waals surface area contributed by atoms with Crippen molar-refractivity contribution < 1.29 is 14.3 Å². The van der Waals surface area contributed by atoms with Crippen molar-refractivity contribution in [2.24, 2.45) is 0 Å². The highest BCUT2D eigenvalue weighted by atomic mass is 16.4. The maximum absolute atomic E-state index is 11.8. The summed E-state index contributed by atoms with van der Waals surface area (Å²) in [6.07, 6.45) is 1.65. The lowest BCUT2D eigenvalue weighted by Gasteiger charge is -2.08. The highest BCUT2D eigenvalue weighted by molar-refractivity contribution is 5.91. The van der Waals surface area contributed by atoms with Gasteiger partial charge in [-0.2, -0.15) is 0 Å². The van der Waals surface area contributed by atoms with Gasteiger partial charge in [-0.3, -0.25) is 9.59 Å². The minimum Gasteiger partial charge on any atom is -0.454 e. The molecule has 0 saturated heterocycles. The Kier molecular flexibility index (Phi) is 4.37. The SMILES string of the molecule is CC(CO)NC(=O)c1ccc(Cn2ccccc2=O)o1. The first-order chi connectivity index (χ1) is 9.60. The molecule has 2 aromatic rings. The second kappa shape index (κ2) is 6.21. The Morgan fingerprint density at radius 1 is 1.40 bits per heavy atom. The van der Waals surface area contributed by atoms with E-state index >= 15 is 0 Å². The fourth-order valence-corrected chi connectivity index (χ4v) is 1.68. The molecule has 0 saturated carbocycles. The highest BCUT2D eigenvalue weighted by Gasteiger charge is 2.13. The molecule has 0 aliphatic rings. The minimum atomic E-state index is -0.391. The molecule has 20 heavy (non-hydrogen) atoms. The molecule has 2 N–H and O–H groups in total. The number of amides is 1. The zero-order chi connectivity index (χ0) is 14.5. The van der Waals surface area contributed by atoms with Crippen LogP contribution in [0.4, 0.5) is 0 Å². The Labute approximate surface area is 115 Å². The van der Waals surface area contributed by atoms with Gasteiger partial charge < -0.3 is 19.4 Å². The van der Waals surface area contributed by atoms with Crippen LogP contribution in [0.25, 0.3) is 0 Å². The number of nitrogens with one attached hydrogen (secondary N) is 1. The topological polar surface area (TPSA) is 84.5 Å². The van der Waals surface area contributed by atoms with E-state index in [1.165, 1.54) is 10.6 Å². The van der Waals surface area contributed by atoms with E-state index in [9.17, 15) is 9.59 Å². The van der Waals surface area contributed by atoms with Gasteiger partial charge >= 0.3 is 0 Å². The van der Waals surface area contributed by atoms with Gasteiger partial charge in [0.15, 0.2) is 5.76 Å². The molecule has 2 heterocycles. The van der Waals surface area contributed by atoms with Crippen LogP contribution in [0.1, 0.15) is 23.2 Å². The number of aliphatic hydroxyl groups excluding tert-OH is 1. The number of furan rings is 1. The average Bonchev–Trinajstić information content (AvgIpc) is 2.90. The van der Waals surface area contributed by atoms with Gasteiger partial charge in [0, 0.05) is 18.3 Å². The van der Waals surface area contributed by atoms with Crippen LogP contribution in [0.3, 0.4) is 0 Å². The number of carbonyl (C=O) groups is 1. The van der Waals surface area contributed by atoms with Crippen molar-refractivity contribution in [2.45, 2.75) is 19.5 Å². The van der Waals surface area contributed by atoms with Crippen molar-refractivity contribution in [1.82, 2.24) is 9.88 Å². The maximum Gasteiger partial charge on any atom is 0.287 e. The van der Waals surface area contributed by atoms with Crippen molar-refractivity contribution >= 4 is 5.91 Å². The van der Waals surface area contributed by atoms with E-state index in [2.05, 4.69) is 5.32 Å². The largest absolute Gasteiger partial charge is 0.454 e. The number of aliphatic hydroxyl groups is 1. The minimum absolute atomic E-state index is 0.135. The molecule has 0 radical (unpaired) electrons. The molecule has 6 heteroatoms. The first-order valence-corrected chi connectivity index (χ1v) is 6.26. The van der Waals surface area contributed by atoms with Gasteiger partial charge in [-0.05, 0) is 25.1 Å². The molecule has 0 bridgehead atoms. The lowest BCUT2D eigenvalue weighted by Crippen LogP contribution is -2.34. The molecule has 0 fully saturated rings. The summed E-state index contributed by atoms with van der Waals surface area (Å²) in [5, 5.41) is 11.5. The third-order valence-corrected chi connectivity index (χ3v) is 2.76. The number of carbonyl (C=O) groups excluding carboxylic acids is 1. The zero-order valence-corrected chi connectivity index (χ0v) is 11.1. The van der Waals surface area contributed by atoms with Crippen LogP contribution >= 0.6 is 0 Å². The predicted molar refractivity (Wildman–Crippen MR) is 72.5 cm³/mol. The zero-order valence-electron chi connectivity index (χ0n) is 11.1. The number of aromatic nitrogens is 1. The fourth-order valence-electron chi connectivity index (χ4n) is 1.68. The summed E-state index contributed by atoms with van der Waals surface area (Å²) in [4.78, 5) is 23.3. The Morgan fingerprint density at radius 2 is 2.20 bits per heavy atom. The fraction of sp³-hybridized carbons (Fsp3) is 0.286. The summed E-state index contributed by atoms with van der Waals surface area (Å²) in [5.41, 5.74) is -0.135. The summed E-state index contributed by atoms with van der Waals surface area (Å²) in [6.45, 7) is 1.81. The van der Waals surface area contributed by atoms with Gasteiger partial charge in [-0.15, -0.1) is 0 Å². The monoisotopic (exact) mass is 276 g/mol. The van der Waals surface area contributed by atoms with Crippen molar-refractivity contribution in [3.05, 3.63) is 58.4 Å². The molecule has 0 aromatic carbocycles. The third kappa shape index (κ3) is 3.36. The molecular formula is C14H16N2O4. The van der Waals surface area contributed by atoms with Gasteiger partial charge in [0.25, 0.3) is 11.5 Å². The van der Waals surface area contributed by atoms with Crippen LogP contribution in [0.15, 0.2) is 45.7 Å². The van der Waals surface area contributed by atoms with Crippen molar-refractivity contribution in [2.75, 3.05) is 6.61 Å². The molecule has 0 aliphatic carbocycles. The van der Waals surface area contributed by atoms with Gasteiger partial charge in [-0.25, -0.2) is 0 Å². The first kappa shape index (κ1) is 14.1.